The Morgan fingerprint density at radius 1 is 1.09 bits per heavy atom. The van der Waals surface area contributed by atoms with Gasteiger partial charge in [-0.25, -0.2) is 8.42 Å². The molecule has 0 amide bonds. The van der Waals surface area contributed by atoms with E-state index in [4.69, 9.17) is 26.5 Å². The van der Waals surface area contributed by atoms with Crippen LogP contribution in [0.5, 0.6) is 11.5 Å². The number of carbonyl (C=O) groups excluding carboxylic acids is 1. The second kappa shape index (κ2) is 10.9. The minimum atomic E-state index is -4.14. The second-order valence-corrected chi connectivity index (χ2v) is 9.97. The number of benzene rings is 2. The third-order valence-corrected chi connectivity index (χ3v) is 6.86. The Labute approximate surface area is 193 Å². The molecule has 0 heterocycles. The lowest BCUT2D eigenvalue weighted by Crippen LogP contribution is -2.27. The number of ether oxygens (including phenoxy) is 2. The van der Waals surface area contributed by atoms with Crippen LogP contribution in [0.2, 0.25) is 5.02 Å². The van der Waals surface area contributed by atoms with E-state index >= 15 is 0 Å². The summed E-state index contributed by atoms with van der Waals surface area (Å²) in [4.78, 5) is 12.1. The SMILES string of the molecule is CCOc1cc(CC(=O)[C@@H](O)C(C)C)ccc1S(=O)(=O)C(=N)Cc1ccc(Cl)c(OC)c1. The Morgan fingerprint density at radius 2 is 1.69 bits per heavy atom. The second-order valence-electron chi connectivity index (χ2n) is 7.62. The number of ketones is 1. The average molecular weight is 482 g/mol. The predicted octanol–water partition coefficient (Wildman–Crippen LogP) is 3.87. The van der Waals surface area contributed by atoms with Crippen LogP contribution >= 0.6 is 11.6 Å². The number of Topliss-reactive ketones (excluding diaryl/α,β-unsaturated/α-hetero) is 1. The van der Waals surface area contributed by atoms with Crippen LogP contribution < -0.4 is 9.47 Å². The van der Waals surface area contributed by atoms with Crippen molar-refractivity contribution in [2.45, 2.75) is 44.6 Å². The van der Waals surface area contributed by atoms with Crippen LogP contribution in [0.15, 0.2) is 41.3 Å². The summed E-state index contributed by atoms with van der Waals surface area (Å²) in [6, 6.07) is 9.11. The third kappa shape index (κ3) is 6.09. The van der Waals surface area contributed by atoms with Gasteiger partial charge in [0, 0.05) is 12.8 Å². The van der Waals surface area contributed by atoms with Crippen molar-refractivity contribution >= 4 is 32.3 Å². The van der Waals surface area contributed by atoms with Crippen molar-refractivity contribution < 1.29 is 27.8 Å². The van der Waals surface area contributed by atoms with E-state index in [9.17, 15) is 18.3 Å². The molecule has 2 aromatic rings. The highest BCUT2D eigenvalue weighted by Gasteiger charge is 2.27. The van der Waals surface area contributed by atoms with Crippen molar-refractivity contribution in [2.75, 3.05) is 13.7 Å². The molecular weight excluding hydrogens is 454 g/mol. The maximum absolute atomic E-state index is 13.1. The van der Waals surface area contributed by atoms with Crippen LogP contribution in [0.1, 0.15) is 31.9 Å². The number of methoxy groups -OCH3 is 1. The van der Waals surface area contributed by atoms with Gasteiger partial charge in [0.05, 0.1) is 18.7 Å². The minimum Gasteiger partial charge on any atom is -0.495 e. The molecule has 0 fully saturated rings. The summed E-state index contributed by atoms with van der Waals surface area (Å²) in [6.45, 7) is 5.40. The first-order valence-electron chi connectivity index (χ1n) is 10.1. The van der Waals surface area contributed by atoms with E-state index < -0.39 is 21.0 Å². The highest BCUT2D eigenvalue weighted by Crippen LogP contribution is 2.30. The zero-order chi connectivity index (χ0) is 24.1. The van der Waals surface area contributed by atoms with Crippen molar-refractivity contribution in [3.8, 4) is 11.5 Å². The Morgan fingerprint density at radius 3 is 2.28 bits per heavy atom. The molecule has 174 valence electrons. The van der Waals surface area contributed by atoms with E-state index in [0.29, 0.717) is 21.9 Å². The Balaban J connectivity index is 2.33. The highest BCUT2D eigenvalue weighted by molar-refractivity contribution is 8.06. The lowest BCUT2D eigenvalue weighted by atomic mass is 9.98. The maximum atomic E-state index is 13.1. The summed E-state index contributed by atoms with van der Waals surface area (Å²) in [5.74, 6) is -0.125. The number of hydrogen-bond acceptors (Lipinski definition) is 7. The molecule has 0 radical (unpaired) electrons. The summed E-state index contributed by atoms with van der Waals surface area (Å²) >= 11 is 6.01. The van der Waals surface area contributed by atoms with Crippen molar-refractivity contribution in [3.05, 3.63) is 52.5 Å². The van der Waals surface area contributed by atoms with Crippen LogP contribution in [0, 0.1) is 11.3 Å². The van der Waals surface area contributed by atoms with Gasteiger partial charge in [-0.05, 0) is 48.2 Å². The van der Waals surface area contributed by atoms with Gasteiger partial charge < -0.3 is 14.6 Å². The van der Waals surface area contributed by atoms with Gasteiger partial charge in [-0.3, -0.25) is 10.2 Å². The molecule has 2 rings (SSSR count). The standard InChI is InChI=1S/C23H28ClNO6S/c1-5-31-20-12-15(10-18(26)23(27)14(2)3)7-9-21(20)32(28,29)22(25)13-16-6-8-17(24)19(11-16)30-4/h6-9,11-12,14,23,25,27H,5,10,13H2,1-4H3/t23-/m0/s1. The molecule has 0 aliphatic carbocycles. The number of aliphatic hydroxyl groups is 1. The molecule has 0 saturated heterocycles. The smallest absolute Gasteiger partial charge is 0.223 e. The first kappa shape index (κ1) is 25.8. The summed E-state index contributed by atoms with van der Waals surface area (Å²) in [5, 5.41) is 18.1. The zero-order valence-corrected chi connectivity index (χ0v) is 20.1. The number of rotatable bonds is 10. The van der Waals surface area contributed by atoms with E-state index in [-0.39, 0.29) is 41.8 Å². The van der Waals surface area contributed by atoms with Crippen LogP contribution in [0.25, 0.3) is 0 Å². The zero-order valence-electron chi connectivity index (χ0n) is 18.5. The molecule has 0 unspecified atom stereocenters. The molecule has 0 spiro atoms. The molecule has 32 heavy (non-hydrogen) atoms. The molecule has 0 aliphatic heterocycles. The maximum Gasteiger partial charge on any atom is 0.223 e. The molecule has 0 aromatic heterocycles. The average Bonchev–Trinajstić information content (AvgIpc) is 2.74. The Kier molecular flexibility index (Phi) is 8.83. The molecule has 1 atom stereocenters. The quantitative estimate of drug-likeness (QED) is 0.393. The predicted molar refractivity (Wildman–Crippen MR) is 124 cm³/mol. The van der Waals surface area contributed by atoms with Crippen LogP contribution in [-0.4, -0.2) is 44.2 Å². The minimum absolute atomic E-state index is 0.0538. The number of halogens is 1. The molecule has 9 heteroatoms. The fraction of sp³-hybridized carbons (Fsp3) is 0.391. The van der Waals surface area contributed by atoms with Gasteiger partial charge in [0.1, 0.15) is 27.5 Å². The van der Waals surface area contributed by atoms with Gasteiger partial charge >= 0.3 is 0 Å². The van der Waals surface area contributed by atoms with Gasteiger partial charge in [-0.2, -0.15) is 0 Å². The summed E-state index contributed by atoms with van der Waals surface area (Å²) in [5.41, 5.74) is 1.08. The molecule has 2 aromatic carbocycles. The van der Waals surface area contributed by atoms with Crippen molar-refractivity contribution in [3.63, 3.8) is 0 Å². The van der Waals surface area contributed by atoms with Crippen molar-refractivity contribution in [1.29, 1.82) is 5.41 Å². The van der Waals surface area contributed by atoms with Crippen LogP contribution in [0.3, 0.4) is 0 Å². The van der Waals surface area contributed by atoms with E-state index in [0.717, 1.165) is 0 Å². The topological polar surface area (TPSA) is 114 Å². The van der Waals surface area contributed by atoms with Crippen LogP contribution in [0.4, 0.5) is 0 Å². The molecule has 0 aliphatic rings. The normalized spacial score (nSPS) is 12.5. The Bertz CT molecular complexity index is 1100. The van der Waals surface area contributed by atoms with E-state index in [1.165, 1.54) is 25.3 Å². The molecule has 0 saturated carbocycles. The largest absolute Gasteiger partial charge is 0.495 e. The number of nitrogens with one attached hydrogen (secondary N) is 1. The molecular formula is C23H28ClNO6S. The van der Waals surface area contributed by atoms with Gasteiger partial charge in [0.15, 0.2) is 5.78 Å². The summed E-state index contributed by atoms with van der Waals surface area (Å²) in [7, 11) is -2.69. The van der Waals surface area contributed by atoms with Crippen LogP contribution in [-0.2, 0) is 27.5 Å². The monoisotopic (exact) mass is 481 g/mol. The van der Waals surface area contributed by atoms with Crippen molar-refractivity contribution in [2.24, 2.45) is 5.92 Å². The number of hydrogen-bond donors (Lipinski definition) is 2. The van der Waals surface area contributed by atoms with Gasteiger partial charge in [0.25, 0.3) is 0 Å². The van der Waals surface area contributed by atoms with E-state index in [2.05, 4.69) is 0 Å². The summed E-state index contributed by atoms with van der Waals surface area (Å²) < 4.78 is 36.9. The molecule has 0 bridgehead atoms. The van der Waals surface area contributed by atoms with Crippen molar-refractivity contribution in [1.82, 2.24) is 0 Å². The molecule has 2 N–H and O–H groups in total. The highest BCUT2D eigenvalue weighted by atomic mass is 35.5. The number of carbonyl (C=O) groups is 1. The first-order chi connectivity index (χ1) is 15.0. The summed E-state index contributed by atoms with van der Waals surface area (Å²) in [6.07, 6.45) is -1.30. The van der Waals surface area contributed by atoms with Gasteiger partial charge in [0.2, 0.25) is 9.84 Å². The van der Waals surface area contributed by atoms with Gasteiger partial charge in [-0.1, -0.05) is 37.6 Å². The number of aliphatic hydroxyl groups excluding tert-OH is 1. The Hall–Kier alpha value is -2.42. The fourth-order valence-electron chi connectivity index (χ4n) is 3.06. The fourth-order valence-corrected chi connectivity index (χ4v) is 4.50. The van der Waals surface area contributed by atoms with E-state index in [1.807, 2.05) is 0 Å². The lowest BCUT2D eigenvalue weighted by molar-refractivity contribution is -0.128. The number of sulfone groups is 1. The van der Waals surface area contributed by atoms with Gasteiger partial charge in [-0.15, -0.1) is 0 Å². The molecule has 7 nitrogen and oxygen atoms in total. The first-order valence-corrected chi connectivity index (χ1v) is 12.0. The van der Waals surface area contributed by atoms with E-state index in [1.54, 1.807) is 39.0 Å². The lowest BCUT2D eigenvalue weighted by Gasteiger charge is -2.15. The third-order valence-electron chi connectivity index (χ3n) is 4.84.